The highest BCUT2D eigenvalue weighted by Crippen LogP contribution is 2.43. The van der Waals surface area contributed by atoms with E-state index in [1.165, 1.54) is 25.1 Å². The van der Waals surface area contributed by atoms with Crippen molar-refractivity contribution in [3.63, 3.8) is 0 Å². The number of nitrogens with one attached hydrogen (secondary N) is 1. The van der Waals surface area contributed by atoms with Gasteiger partial charge in [0.1, 0.15) is 11.6 Å². The van der Waals surface area contributed by atoms with E-state index in [9.17, 15) is 23.9 Å². The third-order valence-electron chi connectivity index (χ3n) is 5.16. The van der Waals surface area contributed by atoms with E-state index >= 15 is 0 Å². The Labute approximate surface area is 183 Å². The van der Waals surface area contributed by atoms with Crippen LogP contribution in [0.15, 0.2) is 84.4 Å². The Kier molecular flexibility index (Phi) is 5.55. The number of aliphatic hydroxyl groups excluding tert-OH is 1. The molecule has 0 aliphatic carbocycles. The van der Waals surface area contributed by atoms with Gasteiger partial charge in [0.05, 0.1) is 11.6 Å². The number of benzene rings is 3. The smallest absolute Gasteiger partial charge is 0.300 e. The van der Waals surface area contributed by atoms with Gasteiger partial charge >= 0.3 is 0 Å². The zero-order chi connectivity index (χ0) is 22.8. The van der Waals surface area contributed by atoms with Gasteiger partial charge in [0, 0.05) is 29.4 Å². The van der Waals surface area contributed by atoms with Gasteiger partial charge in [-0.3, -0.25) is 19.3 Å². The predicted octanol–water partition coefficient (Wildman–Crippen LogP) is 4.41. The van der Waals surface area contributed by atoms with Crippen LogP contribution in [0.4, 0.5) is 15.8 Å². The number of rotatable bonds is 4. The zero-order valence-electron chi connectivity index (χ0n) is 17.1. The fraction of sp³-hybridized carbons (Fsp3) is 0.0800. The second-order valence-electron chi connectivity index (χ2n) is 7.28. The maximum absolute atomic E-state index is 14.8. The summed E-state index contributed by atoms with van der Waals surface area (Å²) in [5.74, 6) is -3.05. The first kappa shape index (κ1) is 21.0. The quantitative estimate of drug-likeness (QED) is 0.365. The molecule has 1 aliphatic rings. The van der Waals surface area contributed by atoms with E-state index in [4.69, 9.17) is 0 Å². The van der Waals surface area contributed by atoms with Crippen LogP contribution < -0.4 is 10.2 Å². The molecule has 1 fully saturated rings. The molecule has 32 heavy (non-hydrogen) atoms. The molecule has 1 heterocycles. The lowest BCUT2D eigenvalue weighted by Crippen LogP contribution is -2.29. The fourth-order valence-electron chi connectivity index (χ4n) is 3.75. The standard InChI is InChI=1S/C25H19FN2O4/c1-15(29)27-17-11-13-18(14-12-17)28-22(19-9-5-6-10-20(19)26)21(24(31)25(28)32)23(30)16-7-3-2-4-8-16/h2-14,22,30H,1H3,(H,27,29). The van der Waals surface area contributed by atoms with E-state index in [0.717, 1.165) is 4.90 Å². The van der Waals surface area contributed by atoms with Crippen molar-refractivity contribution in [1.29, 1.82) is 0 Å². The molecule has 0 aromatic heterocycles. The van der Waals surface area contributed by atoms with Gasteiger partial charge in [-0.2, -0.15) is 0 Å². The molecule has 1 unspecified atom stereocenters. The van der Waals surface area contributed by atoms with Crippen molar-refractivity contribution < 1.29 is 23.9 Å². The molecular weight excluding hydrogens is 411 g/mol. The molecule has 2 amide bonds. The normalized spacial score (nSPS) is 17.4. The second kappa shape index (κ2) is 8.47. The van der Waals surface area contributed by atoms with Crippen LogP contribution in [0.25, 0.3) is 5.76 Å². The molecule has 1 aliphatic heterocycles. The van der Waals surface area contributed by atoms with E-state index in [0.29, 0.717) is 16.9 Å². The summed E-state index contributed by atoms with van der Waals surface area (Å²) in [6.07, 6.45) is 0. The molecule has 0 spiro atoms. The molecule has 160 valence electrons. The summed E-state index contributed by atoms with van der Waals surface area (Å²) < 4.78 is 14.8. The molecule has 7 heteroatoms. The van der Waals surface area contributed by atoms with Crippen LogP contribution in [0.5, 0.6) is 0 Å². The average molecular weight is 430 g/mol. The number of ketones is 1. The maximum Gasteiger partial charge on any atom is 0.300 e. The predicted molar refractivity (Wildman–Crippen MR) is 118 cm³/mol. The van der Waals surface area contributed by atoms with Crippen molar-refractivity contribution in [2.75, 3.05) is 10.2 Å². The van der Waals surface area contributed by atoms with Gasteiger partial charge < -0.3 is 10.4 Å². The van der Waals surface area contributed by atoms with Crippen molar-refractivity contribution in [2.45, 2.75) is 13.0 Å². The Morgan fingerprint density at radius 2 is 1.56 bits per heavy atom. The summed E-state index contributed by atoms with van der Waals surface area (Å²) >= 11 is 0. The first-order valence-corrected chi connectivity index (χ1v) is 9.87. The van der Waals surface area contributed by atoms with Crippen LogP contribution in [0.1, 0.15) is 24.1 Å². The van der Waals surface area contributed by atoms with Gasteiger partial charge in [0.15, 0.2) is 0 Å². The largest absolute Gasteiger partial charge is 0.507 e. The highest BCUT2D eigenvalue weighted by molar-refractivity contribution is 6.51. The van der Waals surface area contributed by atoms with Gasteiger partial charge in [-0.15, -0.1) is 0 Å². The Hall–Kier alpha value is -4.26. The average Bonchev–Trinajstić information content (AvgIpc) is 3.05. The van der Waals surface area contributed by atoms with Gasteiger partial charge in [-0.25, -0.2) is 4.39 Å². The first-order valence-electron chi connectivity index (χ1n) is 9.87. The minimum absolute atomic E-state index is 0.0788. The molecular formula is C25H19FN2O4. The highest BCUT2D eigenvalue weighted by Gasteiger charge is 2.47. The molecule has 0 saturated carbocycles. The second-order valence-corrected chi connectivity index (χ2v) is 7.28. The van der Waals surface area contributed by atoms with Crippen molar-refractivity contribution in [2.24, 2.45) is 0 Å². The lowest BCUT2D eigenvalue weighted by atomic mass is 9.94. The van der Waals surface area contributed by atoms with Crippen molar-refractivity contribution >= 4 is 34.7 Å². The summed E-state index contributed by atoms with van der Waals surface area (Å²) in [4.78, 5) is 38.5. The molecule has 1 saturated heterocycles. The monoisotopic (exact) mass is 430 g/mol. The highest BCUT2D eigenvalue weighted by atomic mass is 19.1. The lowest BCUT2D eigenvalue weighted by molar-refractivity contribution is -0.132. The minimum atomic E-state index is -1.16. The number of hydrogen-bond acceptors (Lipinski definition) is 4. The number of aliphatic hydroxyl groups is 1. The Morgan fingerprint density at radius 1 is 0.938 bits per heavy atom. The van der Waals surface area contributed by atoms with Crippen LogP contribution in [-0.4, -0.2) is 22.7 Å². The van der Waals surface area contributed by atoms with E-state index in [1.807, 2.05) is 0 Å². The number of halogens is 1. The maximum atomic E-state index is 14.8. The van der Waals surface area contributed by atoms with Crippen LogP contribution in [-0.2, 0) is 14.4 Å². The van der Waals surface area contributed by atoms with Gasteiger partial charge in [0.2, 0.25) is 5.91 Å². The fourth-order valence-corrected chi connectivity index (χ4v) is 3.75. The summed E-state index contributed by atoms with van der Waals surface area (Å²) in [5, 5.41) is 13.6. The van der Waals surface area contributed by atoms with Gasteiger partial charge in [-0.05, 0) is 30.3 Å². The molecule has 0 bridgehead atoms. The molecule has 0 radical (unpaired) electrons. The number of carbonyl (C=O) groups is 3. The SMILES string of the molecule is CC(=O)Nc1ccc(N2C(=O)C(=O)C(=C(O)c3ccccc3)C2c2ccccc2F)cc1. The molecule has 2 N–H and O–H groups in total. The van der Waals surface area contributed by atoms with Crippen LogP contribution in [0.2, 0.25) is 0 Å². The number of nitrogens with zero attached hydrogens (tertiary/aromatic N) is 1. The van der Waals surface area contributed by atoms with Crippen LogP contribution in [0.3, 0.4) is 0 Å². The Morgan fingerprint density at radius 3 is 2.19 bits per heavy atom. The summed E-state index contributed by atoms with van der Waals surface area (Å²) in [7, 11) is 0. The van der Waals surface area contributed by atoms with Gasteiger partial charge in [-0.1, -0.05) is 48.5 Å². The minimum Gasteiger partial charge on any atom is -0.507 e. The summed E-state index contributed by atoms with van der Waals surface area (Å²) in [6, 6.07) is 19.2. The van der Waals surface area contributed by atoms with Gasteiger partial charge in [0.25, 0.3) is 11.7 Å². The van der Waals surface area contributed by atoms with Crippen molar-refractivity contribution in [1.82, 2.24) is 0 Å². The Bertz CT molecular complexity index is 1240. The Balaban J connectivity index is 1.89. The molecule has 6 nitrogen and oxygen atoms in total. The topological polar surface area (TPSA) is 86.7 Å². The van der Waals surface area contributed by atoms with Crippen molar-refractivity contribution in [3.05, 3.63) is 101 Å². The number of hydrogen-bond donors (Lipinski definition) is 2. The lowest BCUT2D eigenvalue weighted by Gasteiger charge is -2.26. The molecule has 3 aromatic rings. The first-order chi connectivity index (χ1) is 15.4. The molecule has 1 atom stereocenters. The molecule has 4 rings (SSSR count). The number of amides is 2. The van der Waals surface area contributed by atoms with Crippen LogP contribution >= 0.6 is 0 Å². The van der Waals surface area contributed by atoms with Crippen LogP contribution in [0, 0.1) is 5.82 Å². The number of carbonyl (C=O) groups excluding carboxylic acids is 3. The summed E-state index contributed by atoms with van der Waals surface area (Å²) in [6.45, 7) is 1.37. The number of Topliss-reactive ketones (excluding diaryl/α,β-unsaturated/α-hetero) is 1. The van der Waals surface area contributed by atoms with E-state index in [1.54, 1.807) is 60.7 Å². The van der Waals surface area contributed by atoms with E-state index in [2.05, 4.69) is 5.32 Å². The third kappa shape index (κ3) is 3.76. The summed E-state index contributed by atoms with van der Waals surface area (Å²) in [5.41, 5.74) is 1.05. The van der Waals surface area contributed by atoms with E-state index in [-0.39, 0.29) is 22.8 Å². The zero-order valence-corrected chi connectivity index (χ0v) is 17.1. The van der Waals surface area contributed by atoms with E-state index < -0.39 is 23.5 Å². The molecule has 3 aromatic carbocycles. The third-order valence-corrected chi connectivity index (χ3v) is 5.16. The van der Waals surface area contributed by atoms with Crippen molar-refractivity contribution in [3.8, 4) is 0 Å². The number of anilines is 2.